The Morgan fingerprint density at radius 2 is 2.25 bits per heavy atom. The highest BCUT2D eigenvalue weighted by Gasteiger charge is 2.17. The van der Waals surface area contributed by atoms with Gasteiger partial charge in [-0.05, 0) is 43.5 Å². The molecule has 112 valence electrons. The Balaban J connectivity index is 2.06. The van der Waals surface area contributed by atoms with Crippen molar-refractivity contribution >= 4 is 21.6 Å². The van der Waals surface area contributed by atoms with Gasteiger partial charge in [0.25, 0.3) is 0 Å². The Kier molecular flexibility index (Phi) is 6.33. The van der Waals surface area contributed by atoms with Crippen LogP contribution in [0.2, 0.25) is 0 Å². The van der Waals surface area contributed by atoms with Crippen molar-refractivity contribution in [1.82, 2.24) is 5.32 Å². The van der Waals surface area contributed by atoms with Gasteiger partial charge < -0.3 is 15.0 Å². The molecule has 1 unspecified atom stereocenters. The summed E-state index contributed by atoms with van der Waals surface area (Å²) in [7, 11) is 2.16. The molecule has 0 aliphatic carbocycles. The molecular formula is C16H25BrN2O. The third-order valence-electron chi connectivity index (χ3n) is 3.78. The molecular weight excluding hydrogens is 316 g/mol. The molecule has 1 aliphatic heterocycles. The fourth-order valence-corrected chi connectivity index (χ4v) is 3.01. The highest BCUT2D eigenvalue weighted by molar-refractivity contribution is 9.10. The van der Waals surface area contributed by atoms with Crippen LogP contribution in [-0.2, 0) is 11.3 Å². The van der Waals surface area contributed by atoms with Crippen LogP contribution in [0, 0.1) is 0 Å². The lowest BCUT2D eigenvalue weighted by Gasteiger charge is -2.30. The Labute approximate surface area is 130 Å². The van der Waals surface area contributed by atoms with Crippen molar-refractivity contribution in [2.75, 3.05) is 31.6 Å². The quantitative estimate of drug-likeness (QED) is 0.856. The van der Waals surface area contributed by atoms with Crippen LogP contribution in [0.15, 0.2) is 22.7 Å². The van der Waals surface area contributed by atoms with Gasteiger partial charge in [0, 0.05) is 36.9 Å². The molecule has 1 N–H and O–H groups in total. The molecule has 0 saturated carbocycles. The van der Waals surface area contributed by atoms with E-state index < -0.39 is 0 Å². The van der Waals surface area contributed by atoms with Gasteiger partial charge in [0.15, 0.2) is 0 Å². The van der Waals surface area contributed by atoms with Crippen LogP contribution in [0.25, 0.3) is 0 Å². The first-order valence-corrected chi connectivity index (χ1v) is 8.32. The number of nitrogens with one attached hydrogen (secondary N) is 1. The molecule has 0 aromatic heterocycles. The van der Waals surface area contributed by atoms with Crippen molar-refractivity contribution in [2.45, 2.75) is 38.8 Å². The summed E-state index contributed by atoms with van der Waals surface area (Å²) >= 11 is 3.58. The zero-order chi connectivity index (χ0) is 14.4. The van der Waals surface area contributed by atoms with Gasteiger partial charge in [-0.2, -0.15) is 0 Å². The second-order valence-corrected chi connectivity index (χ2v) is 6.34. The molecule has 2 rings (SSSR count). The van der Waals surface area contributed by atoms with Crippen LogP contribution >= 0.6 is 15.9 Å². The molecule has 1 saturated heterocycles. The van der Waals surface area contributed by atoms with E-state index in [0.29, 0.717) is 6.10 Å². The Morgan fingerprint density at radius 3 is 2.95 bits per heavy atom. The van der Waals surface area contributed by atoms with E-state index in [0.717, 1.165) is 30.7 Å². The SMILES string of the molecule is CCNCc1ccc(Br)cc1N(C)CC1CCCCO1. The van der Waals surface area contributed by atoms with Crippen molar-refractivity contribution in [3.05, 3.63) is 28.2 Å². The predicted octanol–water partition coefficient (Wildman–Crippen LogP) is 3.56. The van der Waals surface area contributed by atoms with Gasteiger partial charge in [0.1, 0.15) is 0 Å². The number of hydrogen-bond acceptors (Lipinski definition) is 3. The molecule has 0 radical (unpaired) electrons. The first kappa shape index (κ1) is 15.8. The number of benzene rings is 1. The fraction of sp³-hybridized carbons (Fsp3) is 0.625. The highest BCUT2D eigenvalue weighted by Crippen LogP contribution is 2.26. The van der Waals surface area contributed by atoms with E-state index in [4.69, 9.17) is 4.74 Å². The monoisotopic (exact) mass is 340 g/mol. The van der Waals surface area contributed by atoms with E-state index in [9.17, 15) is 0 Å². The highest BCUT2D eigenvalue weighted by atomic mass is 79.9. The number of halogens is 1. The summed E-state index contributed by atoms with van der Waals surface area (Å²) < 4.78 is 6.98. The minimum Gasteiger partial charge on any atom is -0.376 e. The molecule has 1 aromatic rings. The zero-order valence-electron chi connectivity index (χ0n) is 12.5. The van der Waals surface area contributed by atoms with Gasteiger partial charge >= 0.3 is 0 Å². The second-order valence-electron chi connectivity index (χ2n) is 5.42. The summed E-state index contributed by atoms with van der Waals surface area (Å²) in [5.41, 5.74) is 2.63. The van der Waals surface area contributed by atoms with E-state index in [-0.39, 0.29) is 0 Å². The van der Waals surface area contributed by atoms with Crippen molar-refractivity contribution in [3.63, 3.8) is 0 Å². The average molecular weight is 341 g/mol. The van der Waals surface area contributed by atoms with Crippen molar-refractivity contribution < 1.29 is 4.74 Å². The number of ether oxygens (including phenoxy) is 1. The van der Waals surface area contributed by atoms with Crippen LogP contribution < -0.4 is 10.2 Å². The topological polar surface area (TPSA) is 24.5 Å². The Morgan fingerprint density at radius 1 is 1.40 bits per heavy atom. The lowest BCUT2D eigenvalue weighted by atomic mass is 10.1. The molecule has 3 nitrogen and oxygen atoms in total. The van der Waals surface area contributed by atoms with Crippen LogP contribution in [0.1, 0.15) is 31.7 Å². The number of hydrogen-bond donors (Lipinski definition) is 1. The maximum Gasteiger partial charge on any atom is 0.0749 e. The lowest BCUT2D eigenvalue weighted by Crippen LogP contribution is -2.34. The van der Waals surface area contributed by atoms with Gasteiger partial charge in [0.2, 0.25) is 0 Å². The normalized spacial score (nSPS) is 19.1. The minimum absolute atomic E-state index is 0.375. The zero-order valence-corrected chi connectivity index (χ0v) is 14.1. The summed E-state index contributed by atoms with van der Waals surface area (Å²) in [6.45, 7) is 5.93. The van der Waals surface area contributed by atoms with Gasteiger partial charge in [0.05, 0.1) is 6.10 Å². The Bertz CT molecular complexity index is 419. The largest absolute Gasteiger partial charge is 0.376 e. The van der Waals surface area contributed by atoms with Crippen LogP contribution in [0.3, 0.4) is 0 Å². The average Bonchev–Trinajstić information content (AvgIpc) is 2.47. The van der Waals surface area contributed by atoms with E-state index in [1.165, 1.54) is 30.5 Å². The predicted molar refractivity (Wildman–Crippen MR) is 88.4 cm³/mol. The van der Waals surface area contributed by atoms with Crippen LogP contribution in [0.4, 0.5) is 5.69 Å². The minimum atomic E-state index is 0.375. The van der Waals surface area contributed by atoms with Gasteiger partial charge in [-0.1, -0.05) is 28.9 Å². The molecule has 0 amide bonds. The molecule has 1 atom stereocenters. The van der Waals surface area contributed by atoms with E-state index in [2.05, 4.69) is 58.3 Å². The first-order valence-electron chi connectivity index (χ1n) is 7.52. The number of nitrogens with zero attached hydrogens (tertiary/aromatic N) is 1. The number of likely N-dealkylation sites (N-methyl/N-ethyl adjacent to an activating group) is 1. The second kappa shape index (κ2) is 8.01. The van der Waals surface area contributed by atoms with Gasteiger partial charge in [-0.3, -0.25) is 0 Å². The summed E-state index contributed by atoms with van der Waals surface area (Å²) in [5, 5.41) is 3.41. The van der Waals surface area contributed by atoms with Crippen LogP contribution in [0.5, 0.6) is 0 Å². The van der Waals surface area contributed by atoms with Gasteiger partial charge in [-0.25, -0.2) is 0 Å². The molecule has 0 bridgehead atoms. The van der Waals surface area contributed by atoms with Crippen LogP contribution in [-0.4, -0.2) is 32.8 Å². The molecule has 1 aliphatic rings. The summed E-state index contributed by atoms with van der Waals surface area (Å²) in [6.07, 6.45) is 4.06. The van der Waals surface area contributed by atoms with Crippen molar-refractivity contribution in [2.24, 2.45) is 0 Å². The van der Waals surface area contributed by atoms with E-state index in [1.54, 1.807) is 0 Å². The smallest absolute Gasteiger partial charge is 0.0749 e. The fourth-order valence-electron chi connectivity index (χ4n) is 2.66. The number of anilines is 1. The van der Waals surface area contributed by atoms with E-state index in [1.807, 2.05) is 0 Å². The third-order valence-corrected chi connectivity index (χ3v) is 4.27. The van der Waals surface area contributed by atoms with E-state index >= 15 is 0 Å². The van der Waals surface area contributed by atoms with Crippen molar-refractivity contribution in [1.29, 1.82) is 0 Å². The maximum atomic E-state index is 5.85. The first-order chi connectivity index (χ1) is 9.70. The molecule has 1 heterocycles. The standard InChI is InChI=1S/C16H25BrN2O/c1-3-18-11-13-7-8-14(17)10-16(13)19(2)12-15-6-4-5-9-20-15/h7-8,10,15,18H,3-6,9,11-12H2,1-2H3. The summed E-state index contributed by atoms with van der Waals surface area (Å²) in [6, 6.07) is 6.51. The molecule has 20 heavy (non-hydrogen) atoms. The Hall–Kier alpha value is -0.580. The summed E-state index contributed by atoms with van der Waals surface area (Å²) in [5.74, 6) is 0. The number of rotatable bonds is 6. The summed E-state index contributed by atoms with van der Waals surface area (Å²) in [4.78, 5) is 2.33. The molecule has 1 fully saturated rings. The van der Waals surface area contributed by atoms with Crippen molar-refractivity contribution in [3.8, 4) is 0 Å². The molecule has 4 heteroatoms. The lowest BCUT2D eigenvalue weighted by molar-refractivity contribution is 0.0216. The molecule has 1 aromatic carbocycles. The molecule has 0 spiro atoms. The maximum absolute atomic E-state index is 5.85. The third kappa shape index (κ3) is 4.47. The van der Waals surface area contributed by atoms with Gasteiger partial charge in [-0.15, -0.1) is 0 Å².